The molecule has 0 aromatic heterocycles. The highest BCUT2D eigenvalue weighted by atomic mass is 32.2. The molecule has 0 bridgehead atoms. The number of anilines is 2. The zero-order chi connectivity index (χ0) is 14.8. The van der Waals surface area contributed by atoms with Crippen LogP contribution in [-0.2, 0) is 9.84 Å². The highest BCUT2D eigenvalue weighted by Gasteiger charge is 2.10. The predicted molar refractivity (Wildman–Crippen MR) is 78.4 cm³/mol. The maximum Gasteiger partial charge on any atom is 0.255 e. The van der Waals surface area contributed by atoms with E-state index in [-0.39, 0.29) is 10.8 Å². The summed E-state index contributed by atoms with van der Waals surface area (Å²) in [5.41, 5.74) is 7.13. The molecule has 0 aliphatic rings. The van der Waals surface area contributed by atoms with Gasteiger partial charge in [0.25, 0.3) is 5.91 Å². The van der Waals surface area contributed by atoms with Gasteiger partial charge in [0.05, 0.1) is 4.90 Å². The second-order valence-electron chi connectivity index (χ2n) is 4.38. The van der Waals surface area contributed by atoms with Crippen LogP contribution in [0.5, 0.6) is 0 Å². The molecule has 0 fully saturated rings. The lowest BCUT2D eigenvalue weighted by atomic mass is 10.2. The molecule has 1 amide bonds. The van der Waals surface area contributed by atoms with Crippen molar-refractivity contribution in [2.45, 2.75) is 4.90 Å². The van der Waals surface area contributed by atoms with E-state index < -0.39 is 9.84 Å². The van der Waals surface area contributed by atoms with Crippen LogP contribution in [0.25, 0.3) is 0 Å². The van der Waals surface area contributed by atoms with Crippen LogP contribution in [0.2, 0.25) is 0 Å². The van der Waals surface area contributed by atoms with Gasteiger partial charge in [-0.3, -0.25) is 4.79 Å². The lowest BCUT2D eigenvalue weighted by molar-refractivity contribution is 0.102. The second-order valence-corrected chi connectivity index (χ2v) is 6.39. The van der Waals surface area contributed by atoms with Gasteiger partial charge in [-0.2, -0.15) is 0 Å². The van der Waals surface area contributed by atoms with Gasteiger partial charge in [-0.1, -0.05) is 6.07 Å². The maximum atomic E-state index is 12.0. The van der Waals surface area contributed by atoms with Crippen LogP contribution >= 0.6 is 0 Å². The Morgan fingerprint density at radius 2 is 1.75 bits per heavy atom. The number of nitrogens with two attached hydrogens (primary N) is 1. The summed E-state index contributed by atoms with van der Waals surface area (Å²) in [6.45, 7) is 0. The minimum atomic E-state index is -3.26. The van der Waals surface area contributed by atoms with Crippen LogP contribution in [0.3, 0.4) is 0 Å². The van der Waals surface area contributed by atoms with E-state index in [0.29, 0.717) is 16.9 Å². The minimum Gasteiger partial charge on any atom is -0.399 e. The van der Waals surface area contributed by atoms with Crippen molar-refractivity contribution in [3.8, 4) is 0 Å². The number of hydrogen-bond acceptors (Lipinski definition) is 4. The van der Waals surface area contributed by atoms with Crippen LogP contribution in [0.1, 0.15) is 10.4 Å². The van der Waals surface area contributed by atoms with Gasteiger partial charge in [0.1, 0.15) is 0 Å². The maximum absolute atomic E-state index is 12.0. The Hall–Kier alpha value is -2.34. The molecule has 0 atom stereocenters. The number of benzene rings is 2. The average Bonchev–Trinajstić information content (AvgIpc) is 2.38. The number of nitrogen functional groups attached to an aromatic ring is 1. The van der Waals surface area contributed by atoms with Gasteiger partial charge in [0.15, 0.2) is 9.84 Å². The average molecular weight is 290 g/mol. The van der Waals surface area contributed by atoms with Crippen LogP contribution in [0.15, 0.2) is 53.4 Å². The largest absolute Gasteiger partial charge is 0.399 e. The number of nitrogens with one attached hydrogen (secondary N) is 1. The molecule has 2 rings (SSSR count). The molecule has 3 N–H and O–H groups in total. The fraction of sp³-hybridized carbons (Fsp3) is 0.0714. The highest BCUT2D eigenvalue weighted by molar-refractivity contribution is 7.90. The van der Waals surface area contributed by atoms with Crippen LogP contribution < -0.4 is 11.1 Å². The number of carbonyl (C=O) groups is 1. The van der Waals surface area contributed by atoms with Crippen molar-refractivity contribution in [1.29, 1.82) is 0 Å². The molecule has 20 heavy (non-hydrogen) atoms. The van der Waals surface area contributed by atoms with Crippen molar-refractivity contribution in [2.75, 3.05) is 17.3 Å². The SMILES string of the molecule is CS(=O)(=O)c1ccc(C(=O)Nc2cccc(N)c2)cc1. The molecule has 0 aliphatic carbocycles. The summed E-state index contributed by atoms with van der Waals surface area (Å²) in [4.78, 5) is 12.2. The molecule has 0 unspecified atom stereocenters. The summed E-state index contributed by atoms with van der Waals surface area (Å²) in [5, 5.41) is 2.69. The fourth-order valence-electron chi connectivity index (χ4n) is 1.67. The molecule has 104 valence electrons. The highest BCUT2D eigenvalue weighted by Crippen LogP contribution is 2.15. The number of amides is 1. The van der Waals surface area contributed by atoms with Crippen molar-refractivity contribution in [3.05, 3.63) is 54.1 Å². The van der Waals surface area contributed by atoms with E-state index in [9.17, 15) is 13.2 Å². The zero-order valence-electron chi connectivity index (χ0n) is 10.8. The Labute approximate surface area is 117 Å². The quantitative estimate of drug-likeness (QED) is 0.845. The van der Waals surface area contributed by atoms with Crippen molar-refractivity contribution >= 4 is 27.1 Å². The van der Waals surface area contributed by atoms with E-state index in [2.05, 4.69) is 5.32 Å². The molecule has 0 spiro atoms. The van der Waals surface area contributed by atoms with Gasteiger partial charge in [-0.05, 0) is 42.5 Å². The molecule has 0 saturated carbocycles. The van der Waals surface area contributed by atoms with Gasteiger partial charge in [-0.25, -0.2) is 8.42 Å². The van der Waals surface area contributed by atoms with E-state index in [0.717, 1.165) is 6.26 Å². The van der Waals surface area contributed by atoms with Crippen LogP contribution in [-0.4, -0.2) is 20.6 Å². The summed E-state index contributed by atoms with van der Waals surface area (Å²) < 4.78 is 22.7. The number of rotatable bonds is 3. The molecular formula is C14H14N2O3S. The molecule has 2 aromatic rings. The molecule has 0 saturated heterocycles. The lowest BCUT2D eigenvalue weighted by Gasteiger charge is -2.06. The molecule has 6 heteroatoms. The third-order valence-electron chi connectivity index (χ3n) is 2.69. The second kappa shape index (κ2) is 5.34. The summed E-state index contributed by atoms with van der Waals surface area (Å²) in [6, 6.07) is 12.6. The fourth-order valence-corrected chi connectivity index (χ4v) is 2.30. The number of sulfone groups is 1. The Morgan fingerprint density at radius 1 is 1.10 bits per heavy atom. The molecule has 2 aromatic carbocycles. The molecule has 0 heterocycles. The normalized spacial score (nSPS) is 11.1. The molecule has 5 nitrogen and oxygen atoms in total. The summed E-state index contributed by atoms with van der Waals surface area (Å²) in [7, 11) is -3.26. The zero-order valence-corrected chi connectivity index (χ0v) is 11.6. The minimum absolute atomic E-state index is 0.179. The molecule has 0 aliphatic heterocycles. The van der Waals surface area contributed by atoms with Crippen molar-refractivity contribution in [2.24, 2.45) is 0 Å². The first-order valence-corrected chi connectivity index (χ1v) is 7.72. The summed E-state index contributed by atoms with van der Waals surface area (Å²) in [5.74, 6) is -0.323. The first kappa shape index (κ1) is 14.1. The molecular weight excluding hydrogens is 276 g/mol. The smallest absolute Gasteiger partial charge is 0.255 e. The van der Waals surface area contributed by atoms with Crippen LogP contribution in [0, 0.1) is 0 Å². The number of carbonyl (C=O) groups excluding carboxylic acids is 1. The third kappa shape index (κ3) is 3.36. The van der Waals surface area contributed by atoms with Gasteiger partial charge in [0.2, 0.25) is 0 Å². The third-order valence-corrected chi connectivity index (χ3v) is 3.82. The van der Waals surface area contributed by atoms with E-state index in [1.54, 1.807) is 24.3 Å². The van der Waals surface area contributed by atoms with E-state index in [4.69, 9.17) is 5.73 Å². The van der Waals surface area contributed by atoms with E-state index in [1.807, 2.05) is 0 Å². The first-order chi connectivity index (χ1) is 9.36. The van der Waals surface area contributed by atoms with Gasteiger partial charge < -0.3 is 11.1 Å². The van der Waals surface area contributed by atoms with Gasteiger partial charge in [0, 0.05) is 23.2 Å². The molecule has 0 radical (unpaired) electrons. The lowest BCUT2D eigenvalue weighted by Crippen LogP contribution is -2.12. The number of hydrogen-bond donors (Lipinski definition) is 2. The van der Waals surface area contributed by atoms with Gasteiger partial charge in [-0.15, -0.1) is 0 Å². The van der Waals surface area contributed by atoms with Crippen molar-refractivity contribution < 1.29 is 13.2 Å². The Morgan fingerprint density at radius 3 is 2.30 bits per heavy atom. The Balaban J connectivity index is 2.18. The predicted octanol–water partition coefficient (Wildman–Crippen LogP) is 1.92. The first-order valence-electron chi connectivity index (χ1n) is 5.83. The van der Waals surface area contributed by atoms with Crippen LogP contribution in [0.4, 0.5) is 11.4 Å². The monoisotopic (exact) mass is 290 g/mol. The standard InChI is InChI=1S/C14H14N2O3S/c1-20(18,19)13-7-5-10(6-8-13)14(17)16-12-4-2-3-11(15)9-12/h2-9H,15H2,1H3,(H,16,17). The van der Waals surface area contributed by atoms with Crippen molar-refractivity contribution in [1.82, 2.24) is 0 Å². The Bertz CT molecular complexity index is 737. The Kier molecular flexibility index (Phi) is 3.76. The van der Waals surface area contributed by atoms with Crippen molar-refractivity contribution in [3.63, 3.8) is 0 Å². The van der Waals surface area contributed by atoms with E-state index in [1.165, 1.54) is 24.3 Å². The topological polar surface area (TPSA) is 89.3 Å². The van der Waals surface area contributed by atoms with Gasteiger partial charge >= 0.3 is 0 Å². The van der Waals surface area contributed by atoms with E-state index >= 15 is 0 Å². The summed E-state index contributed by atoms with van der Waals surface area (Å²) >= 11 is 0. The summed E-state index contributed by atoms with van der Waals surface area (Å²) in [6.07, 6.45) is 1.12.